The third-order valence-electron chi connectivity index (χ3n) is 3.37. The van der Waals surface area contributed by atoms with Gasteiger partial charge in [0, 0.05) is 5.56 Å². The van der Waals surface area contributed by atoms with Gasteiger partial charge in [-0.05, 0) is 24.3 Å². The largest absolute Gasteiger partial charge is 0.495 e. The van der Waals surface area contributed by atoms with Gasteiger partial charge in [0.05, 0.1) is 39.8 Å². The standard InChI is InChI=1S/C18H21N3O4/c1-23-15-9-5-4-8-14(15)19-12-17(22)21-20-11-13-7-6-10-16(24-2)18(13)25-3/h4-11,19H,12H2,1-3H3,(H,21,22)/b20-11+. The molecule has 0 fully saturated rings. The topological polar surface area (TPSA) is 81.2 Å². The highest BCUT2D eigenvalue weighted by Crippen LogP contribution is 2.29. The second kappa shape index (κ2) is 9.17. The van der Waals surface area contributed by atoms with E-state index >= 15 is 0 Å². The molecule has 2 aromatic carbocycles. The number of benzene rings is 2. The molecule has 0 heterocycles. The maximum absolute atomic E-state index is 11.9. The molecule has 0 saturated heterocycles. The van der Waals surface area contributed by atoms with E-state index in [2.05, 4.69) is 15.8 Å². The van der Waals surface area contributed by atoms with Crippen LogP contribution in [0.2, 0.25) is 0 Å². The Balaban J connectivity index is 1.93. The molecule has 2 rings (SSSR count). The van der Waals surface area contributed by atoms with E-state index < -0.39 is 0 Å². The number of nitrogens with zero attached hydrogens (tertiary/aromatic N) is 1. The number of hydrazone groups is 1. The molecule has 0 aliphatic carbocycles. The molecule has 0 atom stereocenters. The van der Waals surface area contributed by atoms with Crippen molar-refractivity contribution in [2.45, 2.75) is 0 Å². The first-order valence-corrected chi connectivity index (χ1v) is 7.59. The number of ether oxygens (including phenoxy) is 3. The van der Waals surface area contributed by atoms with Crippen molar-refractivity contribution in [3.8, 4) is 17.2 Å². The fourth-order valence-corrected chi connectivity index (χ4v) is 2.19. The number of hydrogen-bond acceptors (Lipinski definition) is 6. The normalized spacial score (nSPS) is 10.4. The van der Waals surface area contributed by atoms with Crippen molar-refractivity contribution in [1.29, 1.82) is 0 Å². The van der Waals surface area contributed by atoms with Crippen LogP contribution in [-0.2, 0) is 4.79 Å². The maximum Gasteiger partial charge on any atom is 0.259 e. The first kappa shape index (κ1) is 18.1. The van der Waals surface area contributed by atoms with Crippen molar-refractivity contribution in [2.24, 2.45) is 5.10 Å². The lowest BCUT2D eigenvalue weighted by atomic mass is 10.2. The predicted octanol–water partition coefficient (Wildman–Crippen LogP) is 2.27. The first-order valence-electron chi connectivity index (χ1n) is 7.59. The van der Waals surface area contributed by atoms with Crippen molar-refractivity contribution in [3.05, 3.63) is 48.0 Å². The second-order valence-corrected chi connectivity index (χ2v) is 4.93. The van der Waals surface area contributed by atoms with E-state index in [1.54, 1.807) is 27.4 Å². The van der Waals surface area contributed by atoms with E-state index in [1.807, 2.05) is 36.4 Å². The summed E-state index contributed by atoms with van der Waals surface area (Å²) in [4.78, 5) is 11.9. The van der Waals surface area contributed by atoms with Crippen LogP contribution in [0.25, 0.3) is 0 Å². The zero-order chi connectivity index (χ0) is 18.1. The van der Waals surface area contributed by atoms with Gasteiger partial charge in [-0.1, -0.05) is 18.2 Å². The van der Waals surface area contributed by atoms with E-state index in [9.17, 15) is 4.79 Å². The van der Waals surface area contributed by atoms with Crippen molar-refractivity contribution < 1.29 is 19.0 Å². The Morgan fingerprint density at radius 3 is 2.44 bits per heavy atom. The molecule has 0 aliphatic rings. The van der Waals surface area contributed by atoms with E-state index in [4.69, 9.17) is 14.2 Å². The average molecular weight is 343 g/mol. The lowest BCUT2D eigenvalue weighted by molar-refractivity contribution is -0.119. The fraction of sp³-hybridized carbons (Fsp3) is 0.222. The van der Waals surface area contributed by atoms with Gasteiger partial charge in [-0.15, -0.1) is 0 Å². The van der Waals surface area contributed by atoms with Crippen molar-refractivity contribution in [1.82, 2.24) is 5.43 Å². The molecule has 0 unspecified atom stereocenters. The Bertz CT molecular complexity index is 747. The molecule has 0 saturated carbocycles. The Morgan fingerprint density at radius 2 is 1.72 bits per heavy atom. The van der Waals surface area contributed by atoms with Crippen LogP contribution in [0.15, 0.2) is 47.6 Å². The molecule has 0 aromatic heterocycles. The van der Waals surface area contributed by atoms with Crippen molar-refractivity contribution in [3.63, 3.8) is 0 Å². The number of para-hydroxylation sites is 3. The van der Waals surface area contributed by atoms with Gasteiger partial charge in [-0.3, -0.25) is 4.79 Å². The molecule has 2 N–H and O–H groups in total. The van der Waals surface area contributed by atoms with Gasteiger partial charge < -0.3 is 19.5 Å². The van der Waals surface area contributed by atoms with Gasteiger partial charge in [-0.25, -0.2) is 5.43 Å². The summed E-state index contributed by atoms with van der Waals surface area (Å²) in [5, 5.41) is 6.95. The minimum atomic E-state index is -0.288. The molecular formula is C18H21N3O4. The number of methoxy groups -OCH3 is 3. The smallest absolute Gasteiger partial charge is 0.259 e. The van der Waals surface area contributed by atoms with Gasteiger partial charge in [0.2, 0.25) is 0 Å². The summed E-state index contributed by atoms with van der Waals surface area (Å²) >= 11 is 0. The zero-order valence-corrected chi connectivity index (χ0v) is 14.4. The van der Waals surface area contributed by atoms with Gasteiger partial charge in [0.1, 0.15) is 5.75 Å². The molecule has 25 heavy (non-hydrogen) atoms. The molecule has 132 valence electrons. The predicted molar refractivity (Wildman–Crippen MR) is 96.8 cm³/mol. The van der Waals surface area contributed by atoms with Crippen molar-refractivity contribution >= 4 is 17.8 Å². The number of nitrogens with one attached hydrogen (secondary N) is 2. The average Bonchev–Trinajstić information content (AvgIpc) is 2.66. The first-order chi connectivity index (χ1) is 12.2. The van der Waals surface area contributed by atoms with E-state index in [0.29, 0.717) is 22.8 Å². The van der Waals surface area contributed by atoms with Crippen LogP contribution in [-0.4, -0.2) is 40.0 Å². The van der Waals surface area contributed by atoms with Crippen LogP contribution in [0.4, 0.5) is 5.69 Å². The number of carbonyl (C=O) groups is 1. The molecule has 0 spiro atoms. The van der Waals surface area contributed by atoms with Crippen LogP contribution in [0, 0.1) is 0 Å². The van der Waals surface area contributed by atoms with Crippen LogP contribution < -0.4 is 25.0 Å². The number of rotatable bonds is 8. The Labute approximate surface area is 146 Å². The van der Waals surface area contributed by atoms with Gasteiger partial charge in [0.25, 0.3) is 5.91 Å². The molecule has 1 amide bonds. The highest BCUT2D eigenvalue weighted by Gasteiger charge is 2.08. The Morgan fingerprint density at radius 1 is 1.00 bits per heavy atom. The summed E-state index contributed by atoms with van der Waals surface area (Å²) in [5.41, 5.74) is 3.89. The summed E-state index contributed by atoms with van der Waals surface area (Å²) in [6, 6.07) is 12.8. The van der Waals surface area contributed by atoms with Crippen LogP contribution in [0.1, 0.15) is 5.56 Å². The van der Waals surface area contributed by atoms with Crippen LogP contribution in [0.5, 0.6) is 17.2 Å². The van der Waals surface area contributed by atoms with Crippen LogP contribution in [0.3, 0.4) is 0 Å². The molecule has 0 aliphatic heterocycles. The summed E-state index contributed by atoms with van der Waals surface area (Å²) in [6.45, 7) is 0.0625. The maximum atomic E-state index is 11.9. The third kappa shape index (κ3) is 4.87. The van der Waals surface area contributed by atoms with Crippen LogP contribution >= 0.6 is 0 Å². The van der Waals surface area contributed by atoms with E-state index in [-0.39, 0.29) is 12.5 Å². The number of anilines is 1. The van der Waals surface area contributed by atoms with Crippen molar-refractivity contribution in [2.75, 3.05) is 33.2 Å². The lowest BCUT2D eigenvalue weighted by Gasteiger charge is -2.10. The van der Waals surface area contributed by atoms with E-state index in [1.165, 1.54) is 6.21 Å². The molecule has 0 radical (unpaired) electrons. The molecule has 7 heteroatoms. The zero-order valence-electron chi connectivity index (χ0n) is 14.4. The second-order valence-electron chi connectivity index (χ2n) is 4.93. The number of hydrogen-bond donors (Lipinski definition) is 2. The van der Waals surface area contributed by atoms with E-state index in [0.717, 1.165) is 5.69 Å². The summed E-state index contributed by atoms with van der Waals surface area (Å²) in [6.07, 6.45) is 1.50. The summed E-state index contributed by atoms with van der Waals surface area (Å²) < 4.78 is 15.7. The number of amides is 1. The molecule has 2 aromatic rings. The minimum absolute atomic E-state index is 0.0625. The third-order valence-corrected chi connectivity index (χ3v) is 3.37. The summed E-state index contributed by atoms with van der Waals surface area (Å²) in [5.74, 6) is 1.52. The van der Waals surface area contributed by atoms with Gasteiger partial charge in [-0.2, -0.15) is 5.10 Å². The Hall–Kier alpha value is -3.22. The molecule has 0 bridgehead atoms. The van der Waals surface area contributed by atoms with Gasteiger partial charge >= 0.3 is 0 Å². The lowest BCUT2D eigenvalue weighted by Crippen LogP contribution is -2.26. The molecular weight excluding hydrogens is 322 g/mol. The highest BCUT2D eigenvalue weighted by atomic mass is 16.5. The monoisotopic (exact) mass is 343 g/mol. The highest BCUT2D eigenvalue weighted by molar-refractivity contribution is 5.87. The van der Waals surface area contributed by atoms with Gasteiger partial charge in [0.15, 0.2) is 11.5 Å². The SMILES string of the molecule is COc1ccccc1NCC(=O)N/N=C/c1cccc(OC)c1OC. The fourth-order valence-electron chi connectivity index (χ4n) is 2.19. The quantitative estimate of drug-likeness (QED) is 0.568. The minimum Gasteiger partial charge on any atom is -0.495 e. The number of carbonyl (C=O) groups excluding carboxylic acids is 1. The summed E-state index contributed by atoms with van der Waals surface area (Å²) in [7, 11) is 4.68. The molecule has 7 nitrogen and oxygen atoms in total. The Kier molecular flexibility index (Phi) is 6.65.